The summed E-state index contributed by atoms with van der Waals surface area (Å²) in [5, 5.41) is 6.08. The minimum atomic E-state index is -0.360. The second-order valence-electron chi connectivity index (χ2n) is 7.38. The Kier molecular flexibility index (Phi) is 6.94. The molecule has 0 spiro atoms. The third-order valence-corrected chi connectivity index (χ3v) is 5.41. The van der Waals surface area contributed by atoms with Gasteiger partial charge < -0.3 is 15.5 Å². The Labute approximate surface area is 191 Å². The van der Waals surface area contributed by atoms with Crippen molar-refractivity contribution in [2.24, 2.45) is 0 Å². The van der Waals surface area contributed by atoms with Crippen LogP contribution in [-0.4, -0.2) is 59.4 Å². The molecule has 0 bridgehead atoms. The molecule has 1 aliphatic rings. The van der Waals surface area contributed by atoms with Crippen LogP contribution in [0.5, 0.6) is 0 Å². The third-order valence-electron chi connectivity index (χ3n) is 5.18. The first-order chi connectivity index (χ1) is 15.6. The van der Waals surface area contributed by atoms with Gasteiger partial charge in [-0.1, -0.05) is 23.7 Å². The van der Waals surface area contributed by atoms with E-state index in [0.717, 1.165) is 31.9 Å². The third kappa shape index (κ3) is 5.60. The summed E-state index contributed by atoms with van der Waals surface area (Å²) in [5.74, 6) is -0.137. The first-order valence-electron chi connectivity index (χ1n) is 10.3. The zero-order valence-electron chi connectivity index (χ0n) is 17.4. The molecule has 1 saturated heterocycles. The van der Waals surface area contributed by atoms with Crippen molar-refractivity contribution in [3.05, 3.63) is 77.7 Å². The summed E-state index contributed by atoms with van der Waals surface area (Å²) >= 11 is 5.84. The van der Waals surface area contributed by atoms with Crippen LogP contribution in [0.15, 0.2) is 67.1 Å². The topological polar surface area (TPSA) is 90.5 Å². The van der Waals surface area contributed by atoms with E-state index in [2.05, 4.69) is 30.4 Å². The number of amides is 2. The van der Waals surface area contributed by atoms with Gasteiger partial charge in [0.1, 0.15) is 5.82 Å². The summed E-state index contributed by atoms with van der Waals surface area (Å²) in [6.45, 7) is 3.49. The van der Waals surface area contributed by atoms with E-state index in [4.69, 9.17) is 11.6 Å². The number of benzene rings is 1. The number of anilines is 3. The average Bonchev–Trinajstić information content (AvgIpc) is 2.82. The Balaban J connectivity index is 1.33. The predicted molar refractivity (Wildman–Crippen MR) is 125 cm³/mol. The average molecular weight is 451 g/mol. The number of nitrogens with one attached hydrogen (secondary N) is 2. The molecule has 1 aliphatic heterocycles. The van der Waals surface area contributed by atoms with Gasteiger partial charge in [0.15, 0.2) is 0 Å². The van der Waals surface area contributed by atoms with Gasteiger partial charge in [0.25, 0.3) is 5.91 Å². The van der Waals surface area contributed by atoms with Crippen molar-refractivity contribution in [2.75, 3.05) is 48.3 Å². The Hall–Kier alpha value is -3.49. The quantitative estimate of drug-likeness (QED) is 0.599. The highest BCUT2D eigenvalue weighted by Gasteiger charge is 2.20. The summed E-state index contributed by atoms with van der Waals surface area (Å²) in [5.41, 5.74) is 1.96. The lowest BCUT2D eigenvalue weighted by atomic mass is 10.1. The van der Waals surface area contributed by atoms with E-state index < -0.39 is 0 Å². The van der Waals surface area contributed by atoms with Crippen molar-refractivity contribution in [1.82, 2.24) is 14.9 Å². The maximum absolute atomic E-state index is 12.7. The van der Waals surface area contributed by atoms with Gasteiger partial charge in [-0.2, -0.15) is 0 Å². The first kappa shape index (κ1) is 21.7. The van der Waals surface area contributed by atoms with Gasteiger partial charge in [0.05, 0.1) is 22.8 Å². The summed E-state index contributed by atoms with van der Waals surface area (Å²) in [4.78, 5) is 37.9. The SMILES string of the molecule is O=C(CN1CCN(c2ccncc2)CC1)Nc1ccccc1C(=O)Nc1ccc(Cl)cn1. The molecule has 164 valence electrons. The monoisotopic (exact) mass is 450 g/mol. The molecule has 2 aromatic heterocycles. The molecule has 2 amide bonds. The van der Waals surface area contributed by atoms with Crippen LogP contribution in [-0.2, 0) is 4.79 Å². The molecule has 0 saturated carbocycles. The second-order valence-corrected chi connectivity index (χ2v) is 7.81. The van der Waals surface area contributed by atoms with Crippen LogP contribution in [0.1, 0.15) is 10.4 Å². The fourth-order valence-corrected chi connectivity index (χ4v) is 3.65. The maximum Gasteiger partial charge on any atom is 0.258 e. The second kappa shape index (κ2) is 10.2. The Morgan fingerprint density at radius 2 is 1.69 bits per heavy atom. The molecule has 0 atom stereocenters. The van der Waals surface area contributed by atoms with Gasteiger partial charge in [-0.25, -0.2) is 4.98 Å². The lowest BCUT2D eigenvalue weighted by Crippen LogP contribution is -2.48. The molecule has 0 unspecified atom stereocenters. The molecule has 0 aliphatic carbocycles. The van der Waals surface area contributed by atoms with Gasteiger partial charge in [0, 0.05) is 50.5 Å². The lowest BCUT2D eigenvalue weighted by Gasteiger charge is -2.35. The van der Waals surface area contributed by atoms with Crippen molar-refractivity contribution < 1.29 is 9.59 Å². The molecule has 4 rings (SSSR count). The van der Waals surface area contributed by atoms with Crippen molar-refractivity contribution in [3.63, 3.8) is 0 Å². The lowest BCUT2D eigenvalue weighted by molar-refractivity contribution is -0.117. The molecular formula is C23H23ClN6O2. The van der Waals surface area contributed by atoms with E-state index in [1.165, 1.54) is 6.20 Å². The summed E-state index contributed by atoms with van der Waals surface area (Å²) in [7, 11) is 0. The van der Waals surface area contributed by atoms with Gasteiger partial charge >= 0.3 is 0 Å². The Morgan fingerprint density at radius 1 is 0.938 bits per heavy atom. The number of piperazine rings is 1. The number of carbonyl (C=O) groups is 2. The molecule has 2 N–H and O–H groups in total. The van der Waals surface area contributed by atoms with E-state index >= 15 is 0 Å². The highest BCUT2D eigenvalue weighted by atomic mass is 35.5. The van der Waals surface area contributed by atoms with Crippen molar-refractivity contribution in [2.45, 2.75) is 0 Å². The molecule has 8 nitrogen and oxygen atoms in total. The highest BCUT2D eigenvalue weighted by Crippen LogP contribution is 2.18. The first-order valence-corrected chi connectivity index (χ1v) is 10.7. The fraction of sp³-hybridized carbons (Fsp3) is 0.217. The largest absolute Gasteiger partial charge is 0.369 e. The number of halogens is 1. The summed E-state index contributed by atoms with van der Waals surface area (Å²) in [6, 6.07) is 14.1. The van der Waals surface area contributed by atoms with Gasteiger partial charge in [0.2, 0.25) is 5.91 Å². The number of hydrogen-bond donors (Lipinski definition) is 2. The number of aromatic nitrogens is 2. The zero-order chi connectivity index (χ0) is 22.3. The van der Waals surface area contributed by atoms with E-state index in [1.54, 1.807) is 48.8 Å². The van der Waals surface area contributed by atoms with E-state index in [1.807, 2.05) is 12.1 Å². The van der Waals surface area contributed by atoms with E-state index in [0.29, 0.717) is 22.1 Å². The van der Waals surface area contributed by atoms with Crippen LogP contribution in [0, 0.1) is 0 Å². The minimum Gasteiger partial charge on any atom is -0.369 e. The van der Waals surface area contributed by atoms with E-state index in [9.17, 15) is 9.59 Å². The number of para-hydroxylation sites is 1. The molecule has 0 radical (unpaired) electrons. The van der Waals surface area contributed by atoms with Gasteiger partial charge in [-0.3, -0.25) is 19.5 Å². The Morgan fingerprint density at radius 3 is 2.41 bits per heavy atom. The fourth-order valence-electron chi connectivity index (χ4n) is 3.54. The van der Waals surface area contributed by atoms with Crippen LogP contribution < -0.4 is 15.5 Å². The molecule has 9 heteroatoms. The van der Waals surface area contributed by atoms with Crippen LogP contribution in [0.2, 0.25) is 5.02 Å². The highest BCUT2D eigenvalue weighted by molar-refractivity contribution is 6.30. The van der Waals surface area contributed by atoms with Crippen molar-refractivity contribution in [1.29, 1.82) is 0 Å². The normalized spacial score (nSPS) is 14.1. The smallest absolute Gasteiger partial charge is 0.258 e. The molecular weight excluding hydrogens is 428 g/mol. The number of hydrogen-bond acceptors (Lipinski definition) is 6. The van der Waals surface area contributed by atoms with Gasteiger partial charge in [-0.15, -0.1) is 0 Å². The Bertz CT molecular complexity index is 1070. The van der Waals surface area contributed by atoms with Gasteiger partial charge in [-0.05, 0) is 36.4 Å². The zero-order valence-corrected chi connectivity index (χ0v) is 18.1. The molecule has 3 heterocycles. The van der Waals surface area contributed by atoms with Crippen LogP contribution in [0.3, 0.4) is 0 Å². The van der Waals surface area contributed by atoms with E-state index in [-0.39, 0.29) is 18.4 Å². The van der Waals surface area contributed by atoms with Crippen molar-refractivity contribution >= 4 is 40.6 Å². The molecule has 1 fully saturated rings. The van der Waals surface area contributed by atoms with Crippen molar-refractivity contribution in [3.8, 4) is 0 Å². The number of rotatable bonds is 6. The van der Waals surface area contributed by atoms with Crippen LogP contribution in [0.4, 0.5) is 17.2 Å². The maximum atomic E-state index is 12.7. The summed E-state index contributed by atoms with van der Waals surface area (Å²) < 4.78 is 0. The standard InChI is InChI=1S/C23H23ClN6O2/c24-17-5-6-21(26-15-17)28-23(32)19-3-1-2-4-20(19)27-22(31)16-29-11-13-30(14-12-29)18-7-9-25-10-8-18/h1-10,15H,11-14,16H2,(H,27,31)(H,26,28,32). The minimum absolute atomic E-state index is 0.160. The van der Waals surface area contributed by atoms with Crippen LogP contribution in [0.25, 0.3) is 0 Å². The predicted octanol–water partition coefficient (Wildman–Crippen LogP) is 3.14. The molecule has 1 aromatic carbocycles. The number of pyridine rings is 2. The van der Waals surface area contributed by atoms with Crippen LogP contribution >= 0.6 is 11.6 Å². The number of carbonyl (C=O) groups excluding carboxylic acids is 2. The molecule has 32 heavy (non-hydrogen) atoms. The number of nitrogens with zero attached hydrogens (tertiary/aromatic N) is 4. The summed E-state index contributed by atoms with van der Waals surface area (Å²) in [6.07, 6.45) is 5.02. The molecule has 3 aromatic rings.